The molecule has 2 aromatic rings. The number of rotatable bonds is 4. The van der Waals surface area contributed by atoms with Gasteiger partial charge < -0.3 is 14.4 Å². The first-order valence-electron chi connectivity index (χ1n) is 7.68. The summed E-state index contributed by atoms with van der Waals surface area (Å²) in [5, 5.41) is 0. The fourth-order valence-corrected chi connectivity index (χ4v) is 3.44. The van der Waals surface area contributed by atoms with Gasteiger partial charge in [0.1, 0.15) is 0 Å². The zero-order valence-electron chi connectivity index (χ0n) is 13.7. The van der Waals surface area contributed by atoms with Gasteiger partial charge >= 0.3 is 0 Å². The maximum Gasteiger partial charge on any atom is 0.210 e. The minimum atomic E-state index is -0.518. The van der Waals surface area contributed by atoms with Crippen molar-refractivity contribution in [3.05, 3.63) is 59.2 Å². The lowest BCUT2D eigenvalue weighted by molar-refractivity contribution is -0.122. The summed E-state index contributed by atoms with van der Waals surface area (Å²) in [5.74, 6) is 1.40. The quantitative estimate of drug-likeness (QED) is 0.815. The highest BCUT2D eigenvalue weighted by molar-refractivity contribution is 5.60. The summed E-state index contributed by atoms with van der Waals surface area (Å²) in [5.41, 5.74) is 2.84. The number of carbonyl (C=O) groups is 1. The van der Waals surface area contributed by atoms with E-state index in [1.165, 1.54) is 5.56 Å². The molecular formula is C19H21NO3. The molecule has 1 unspecified atom stereocenters. The molecule has 1 atom stereocenters. The van der Waals surface area contributed by atoms with Crippen LogP contribution in [0.4, 0.5) is 0 Å². The van der Waals surface area contributed by atoms with Gasteiger partial charge in [0.05, 0.1) is 19.8 Å². The first-order valence-corrected chi connectivity index (χ1v) is 7.68. The van der Waals surface area contributed by atoms with E-state index in [0.29, 0.717) is 12.3 Å². The number of amides is 1. The summed E-state index contributed by atoms with van der Waals surface area (Å²) >= 11 is 0. The summed E-state index contributed by atoms with van der Waals surface area (Å²) < 4.78 is 10.9. The summed E-state index contributed by atoms with van der Waals surface area (Å²) in [6.45, 7) is 2.76. The Balaban J connectivity index is 2.25. The van der Waals surface area contributed by atoms with Crippen molar-refractivity contribution >= 4 is 6.41 Å². The van der Waals surface area contributed by atoms with Gasteiger partial charge in [0.2, 0.25) is 6.41 Å². The van der Waals surface area contributed by atoms with Crippen molar-refractivity contribution in [1.82, 2.24) is 4.90 Å². The maximum atomic E-state index is 11.7. The number of carbonyl (C=O) groups excluding carboxylic acids is 1. The Hall–Kier alpha value is -2.49. The molecule has 4 nitrogen and oxygen atoms in total. The van der Waals surface area contributed by atoms with E-state index in [-0.39, 0.29) is 0 Å². The van der Waals surface area contributed by atoms with Crippen molar-refractivity contribution < 1.29 is 14.3 Å². The fraction of sp³-hybridized carbons (Fsp3) is 0.316. The van der Waals surface area contributed by atoms with Crippen LogP contribution < -0.4 is 9.47 Å². The zero-order chi connectivity index (χ0) is 16.4. The van der Waals surface area contributed by atoms with Crippen LogP contribution in [0.5, 0.6) is 11.5 Å². The Morgan fingerprint density at radius 1 is 1.09 bits per heavy atom. The van der Waals surface area contributed by atoms with Crippen LogP contribution in [0.3, 0.4) is 0 Å². The summed E-state index contributed by atoms with van der Waals surface area (Å²) in [4.78, 5) is 13.6. The molecule has 0 aliphatic carbocycles. The second-order valence-corrected chi connectivity index (χ2v) is 5.85. The molecule has 0 saturated heterocycles. The van der Waals surface area contributed by atoms with Crippen molar-refractivity contribution in [2.75, 3.05) is 20.8 Å². The number of benzene rings is 2. The Morgan fingerprint density at radius 2 is 1.74 bits per heavy atom. The van der Waals surface area contributed by atoms with Crippen molar-refractivity contribution in [3.63, 3.8) is 0 Å². The summed E-state index contributed by atoms with van der Waals surface area (Å²) in [6.07, 6.45) is 1.74. The number of nitrogens with zero attached hydrogens (tertiary/aromatic N) is 1. The third-order valence-electron chi connectivity index (χ3n) is 4.79. The molecule has 1 aliphatic rings. The third-order valence-corrected chi connectivity index (χ3v) is 4.79. The SMILES string of the molecule is COc1cc2c(cc1OC)C(C)(c1ccccc1)N(C=O)CC2. The summed E-state index contributed by atoms with van der Waals surface area (Å²) in [7, 11) is 3.27. The average molecular weight is 311 g/mol. The van der Waals surface area contributed by atoms with Crippen LogP contribution in [0.1, 0.15) is 23.6 Å². The number of fused-ring (bicyclic) bond motifs is 1. The van der Waals surface area contributed by atoms with Crippen LogP contribution in [0.25, 0.3) is 0 Å². The van der Waals surface area contributed by atoms with Crippen LogP contribution in [-0.4, -0.2) is 32.1 Å². The van der Waals surface area contributed by atoms with Gasteiger partial charge in [0.15, 0.2) is 11.5 Å². The summed E-state index contributed by atoms with van der Waals surface area (Å²) in [6, 6.07) is 14.1. The maximum absolute atomic E-state index is 11.7. The topological polar surface area (TPSA) is 38.8 Å². The second kappa shape index (κ2) is 5.95. The van der Waals surface area contributed by atoms with Crippen LogP contribution in [0, 0.1) is 0 Å². The highest BCUT2D eigenvalue weighted by Gasteiger charge is 2.40. The molecule has 0 saturated carbocycles. The molecule has 4 heteroatoms. The molecule has 0 N–H and O–H groups in total. The highest BCUT2D eigenvalue weighted by Crippen LogP contribution is 2.44. The van der Waals surface area contributed by atoms with Crippen LogP contribution in [0.15, 0.2) is 42.5 Å². The van der Waals surface area contributed by atoms with E-state index in [1.54, 1.807) is 14.2 Å². The van der Waals surface area contributed by atoms with Crippen LogP contribution >= 0.6 is 0 Å². The van der Waals surface area contributed by atoms with Crippen molar-refractivity contribution in [2.45, 2.75) is 18.9 Å². The van der Waals surface area contributed by atoms with E-state index >= 15 is 0 Å². The largest absolute Gasteiger partial charge is 0.493 e. The predicted molar refractivity (Wildman–Crippen MR) is 88.9 cm³/mol. The van der Waals surface area contributed by atoms with Gasteiger partial charge in [0, 0.05) is 6.54 Å². The van der Waals surface area contributed by atoms with Gasteiger partial charge in [-0.3, -0.25) is 4.79 Å². The second-order valence-electron chi connectivity index (χ2n) is 5.85. The Bertz CT molecular complexity index is 714. The van der Waals surface area contributed by atoms with E-state index in [1.807, 2.05) is 35.2 Å². The molecule has 23 heavy (non-hydrogen) atoms. The van der Waals surface area contributed by atoms with E-state index in [0.717, 1.165) is 29.7 Å². The number of hydrogen-bond donors (Lipinski definition) is 0. The van der Waals surface area contributed by atoms with Crippen LogP contribution in [0.2, 0.25) is 0 Å². The lowest BCUT2D eigenvalue weighted by Crippen LogP contribution is -2.48. The first-order chi connectivity index (χ1) is 11.1. The normalized spacial score (nSPS) is 19.9. The van der Waals surface area contributed by atoms with E-state index in [9.17, 15) is 4.79 Å². The molecule has 0 fully saturated rings. The standard InChI is InChI=1S/C19H21NO3/c1-19(15-7-5-4-6-8-15)16-12-18(23-3)17(22-2)11-14(16)9-10-20(19)13-21/h4-8,11-13H,9-10H2,1-3H3. The molecule has 0 aromatic heterocycles. The zero-order valence-corrected chi connectivity index (χ0v) is 13.7. The van der Waals surface area contributed by atoms with Gasteiger partial charge in [-0.25, -0.2) is 0 Å². The van der Waals surface area contributed by atoms with E-state index in [4.69, 9.17) is 9.47 Å². The van der Waals surface area contributed by atoms with Gasteiger partial charge in [-0.15, -0.1) is 0 Å². The molecule has 1 heterocycles. The van der Waals surface area contributed by atoms with E-state index in [2.05, 4.69) is 19.1 Å². The van der Waals surface area contributed by atoms with Gasteiger partial charge in [-0.05, 0) is 42.2 Å². The Labute approximate surface area is 136 Å². The van der Waals surface area contributed by atoms with Crippen molar-refractivity contribution in [2.24, 2.45) is 0 Å². The first kappa shape index (κ1) is 15.4. The molecule has 120 valence electrons. The average Bonchev–Trinajstić information content (AvgIpc) is 2.61. The fourth-order valence-electron chi connectivity index (χ4n) is 3.44. The molecular weight excluding hydrogens is 290 g/mol. The molecule has 0 bridgehead atoms. The number of hydrogen-bond acceptors (Lipinski definition) is 3. The minimum Gasteiger partial charge on any atom is -0.493 e. The van der Waals surface area contributed by atoms with Gasteiger partial charge in [-0.1, -0.05) is 30.3 Å². The number of methoxy groups -OCH3 is 2. The van der Waals surface area contributed by atoms with Gasteiger partial charge in [-0.2, -0.15) is 0 Å². The number of ether oxygens (including phenoxy) is 2. The lowest BCUT2D eigenvalue weighted by Gasteiger charge is -2.45. The smallest absolute Gasteiger partial charge is 0.210 e. The van der Waals surface area contributed by atoms with Crippen molar-refractivity contribution in [3.8, 4) is 11.5 Å². The van der Waals surface area contributed by atoms with Gasteiger partial charge in [0.25, 0.3) is 0 Å². The lowest BCUT2D eigenvalue weighted by atomic mass is 9.77. The molecule has 1 amide bonds. The molecule has 0 radical (unpaired) electrons. The molecule has 2 aromatic carbocycles. The van der Waals surface area contributed by atoms with Crippen LogP contribution in [-0.2, 0) is 16.8 Å². The Morgan fingerprint density at radius 3 is 2.35 bits per heavy atom. The highest BCUT2D eigenvalue weighted by atomic mass is 16.5. The molecule has 1 aliphatic heterocycles. The van der Waals surface area contributed by atoms with Crippen molar-refractivity contribution in [1.29, 1.82) is 0 Å². The monoisotopic (exact) mass is 311 g/mol. The molecule has 0 spiro atoms. The Kier molecular flexibility index (Phi) is 3.99. The minimum absolute atomic E-state index is 0.518. The predicted octanol–water partition coefficient (Wildman–Crippen LogP) is 2.98. The molecule has 3 rings (SSSR count). The third kappa shape index (κ3) is 2.34. The van der Waals surface area contributed by atoms with E-state index < -0.39 is 5.54 Å².